The molecule has 0 fully saturated rings. The molecule has 0 aromatic heterocycles. The maximum absolute atomic E-state index is 11.8. The van der Waals surface area contributed by atoms with Crippen molar-refractivity contribution in [1.29, 1.82) is 0 Å². The van der Waals surface area contributed by atoms with Crippen LogP contribution < -0.4 is 4.74 Å². The molecule has 0 unspecified atom stereocenters. The molecule has 0 spiro atoms. The van der Waals surface area contributed by atoms with E-state index in [0.29, 0.717) is 29.0 Å². The van der Waals surface area contributed by atoms with Crippen LogP contribution in [0.2, 0.25) is 0 Å². The summed E-state index contributed by atoms with van der Waals surface area (Å²) in [5.74, 6) is 0.0162. The normalized spacial score (nSPS) is 13.8. The largest absolute Gasteiger partial charge is 0.496 e. The Hall–Kier alpha value is -1.94. The van der Waals surface area contributed by atoms with Crippen molar-refractivity contribution in [3.05, 3.63) is 41.0 Å². The third-order valence-electron chi connectivity index (χ3n) is 2.65. The molecule has 0 N–H and O–H groups in total. The van der Waals surface area contributed by atoms with Gasteiger partial charge in [-0.1, -0.05) is 6.07 Å². The number of hydrogen-bond donors (Lipinski definition) is 0. The van der Waals surface area contributed by atoms with Crippen LogP contribution in [0.4, 0.5) is 0 Å². The van der Waals surface area contributed by atoms with Gasteiger partial charge in [-0.05, 0) is 23.8 Å². The highest BCUT2D eigenvalue weighted by molar-refractivity contribution is 6.23. The lowest BCUT2D eigenvalue weighted by Gasteiger charge is -2.16. The Bertz CT molecular complexity index is 514. The van der Waals surface area contributed by atoms with Crippen molar-refractivity contribution in [2.45, 2.75) is 6.61 Å². The Morgan fingerprint density at radius 2 is 1.65 bits per heavy atom. The van der Waals surface area contributed by atoms with Gasteiger partial charge < -0.3 is 9.47 Å². The van der Waals surface area contributed by atoms with Gasteiger partial charge in [-0.2, -0.15) is 0 Å². The van der Waals surface area contributed by atoms with E-state index >= 15 is 0 Å². The van der Waals surface area contributed by atoms with E-state index in [4.69, 9.17) is 9.47 Å². The summed E-state index contributed by atoms with van der Waals surface area (Å²) < 4.78 is 10.1. The smallest absolute Gasteiger partial charge is 0.190 e. The summed E-state index contributed by atoms with van der Waals surface area (Å²) in [4.78, 5) is 23.7. The Labute approximate surface area is 98.8 Å². The van der Waals surface area contributed by atoms with Gasteiger partial charge in [0.25, 0.3) is 0 Å². The summed E-state index contributed by atoms with van der Waals surface area (Å²) in [7, 11) is 3.02. The lowest BCUT2D eigenvalue weighted by molar-refractivity contribution is 0.0987. The molecular formula is C13H12O4. The number of benzene rings is 1. The third-order valence-corrected chi connectivity index (χ3v) is 2.65. The molecule has 1 aromatic carbocycles. The first-order valence-corrected chi connectivity index (χ1v) is 5.14. The number of carbonyl (C=O) groups is 2. The van der Waals surface area contributed by atoms with E-state index in [-0.39, 0.29) is 11.6 Å². The average Bonchev–Trinajstić information content (AvgIpc) is 2.34. The zero-order valence-electron chi connectivity index (χ0n) is 9.65. The molecule has 0 atom stereocenters. The van der Waals surface area contributed by atoms with Crippen LogP contribution in [0.3, 0.4) is 0 Å². The van der Waals surface area contributed by atoms with Crippen LogP contribution in [0.25, 0.3) is 0 Å². The summed E-state index contributed by atoms with van der Waals surface area (Å²) in [6, 6.07) is 3.42. The first-order valence-electron chi connectivity index (χ1n) is 5.14. The fourth-order valence-corrected chi connectivity index (χ4v) is 1.92. The standard InChI is InChI=1S/C13H12O4/c1-16-7-8-3-6-11(17-2)13-10(15)5-4-9(14)12(8)13/h3-6H,7H2,1-2H3. The van der Waals surface area contributed by atoms with Crippen molar-refractivity contribution >= 4 is 11.6 Å². The molecule has 0 saturated heterocycles. The zero-order chi connectivity index (χ0) is 12.4. The lowest BCUT2D eigenvalue weighted by atomic mass is 9.90. The van der Waals surface area contributed by atoms with Crippen LogP contribution in [0.15, 0.2) is 24.3 Å². The number of ketones is 2. The monoisotopic (exact) mass is 232 g/mol. The van der Waals surface area contributed by atoms with Gasteiger partial charge in [0.15, 0.2) is 11.6 Å². The van der Waals surface area contributed by atoms with E-state index < -0.39 is 0 Å². The molecule has 2 rings (SSSR count). The Balaban J connectivity index is 2.68. The van der Waals surface area contributed by atoms with E-state index in [1.165, 1.54) is 19.3 Å². The van der Waals surface area contributed by atoms with E-state index in [1.54, 1.807) is 19.2 Å². The minimum Gasteiger partial charge on any atom is -0.496 e. The quantitative estimate of drug-likeness (QED) is 0.797. The number of ether oxygens (including phenoxy) is 2. The number of allylic oxidation sites excluding steroid dienone is 2. The highest BCUT2D eigenvalue weighted by Crippen LogP contribution is 2.30. The van der Waals surface area contributed by atoms with Crippen molar-refractivity contribution in [1.82, 2.24) is 0 Å². The van der Waals surface area contributed by atoms with Crippen LogP contribution >= 0.6 is 0 Å². The van der Waals surface area contributed by atoms with Crippen molar-refractivity contribution < 1.29 is 19.1 Å². The summed E-state index contributed by atoms with van der Waals surface area (Å²) in [5, 5.41) is 0. The van der Waals surface area contributed by atoms with E-state index in [0.717, 1.165) is 0 Å². The second kappa shape index (κ2) is 4.51. The lowest BCUT2D eigenvalue weighted by Crippen LogP contribution is -2.16. The Morgan fingerprint density at radius 3 is 2.24 bits per heavy atom. The number of methoxy groups -OCH3 is 2. The molecule has 1 aromatic rings. The molecule has 0 heterocycles. The number of rotatable bonds is 3. The third kappa shape index (κ3) is 1.87. The molecular weight excluding hydrogens is 220 g/mol. The summed E-state index contributed by atoms with van der Waals surface area (Å²) >= 11 is 0. The van der Waals surface area contributed by atoms with E-state index in [1.807, 2.05) is 0 Å². The molecule has 0 bridgehead atoms. The second-order valence-electron chi connectivity index (χ2n) is 3.67. The van der Waals surface area contributed by atoms with Gasteiger partial charge in [-0.25, -0.2) is 0 Å². The van der Waals surface area contributed by atoms with Gasteiger partial charge in [0.2, 0.25) is 0 Å². The highest BCUT2D eigenvalue weighted by Gasteiger charge is 2.25. The van der Waals surface area contributed by atoms with Gasteiger partial charge in [0, 0.05) is 12.7 Å². The summed E-state index contributed by atoms with van der Waals surface area (Å²) in [6.07, 6.45) is 2.55. The predicted molar refractivity (Wildman–Crippen MR) is 61.5 cm³/mol. The second-order valence-corrected chi connectivity index (χ2v) is 3.67. The van der Waals surface area contributed by atoms with Gasteiger partial charge in [0.05, 0.1) is 19.3 Å². The SMILES string of the molecule is COCc1ccc(OC)c2c1C(=O)C=CC2=O. The molecule has 88 valence electrons. The first-order chi connectivity index (χ1) is 8.19. The topological polar surface area (TPSA) is 52.6 Å². The molecule has 0 saturated carbocycles. The zero-order valence-corrected chi connectivity index (χ0v) is 9.65. The number of fused-ring (bicyclic) bond motifs is 1. The molecule has 0 radical (unpaired) electrons. The van der Waals surface area contributed by atoms with Crippen molar-refractivity contribution in [2.24, 2.45) is 0 Å². The molecule has 4 heteroatoms. The minimum atomic E-state index is -0.214. The molecule has 1 aliphatic rings. The predicted octanol–water partition coefficient (Wildman–Crippen LogP) is 1.78. The molecule has 1 aliphatic carbocycles. The Morgan fingerprint density at radius 1 is 1.00 bits per heavy atom. The van der Waals surface area contributed by atoms with Gasteiger partial charge in [-0.15, -0.1) is 0 Å². The van der Waals surface area contributed by atoms with Crippen molar-refractivity contribution in [2.75, 3.05) is 14.2 Å². The van der Waals surface area contributed by atoms with Gasteiger partial charge in [-0.3, -0.25) is 9.59 Å². The van der Waals surface area contributed by atoms with E-state index in [2.05, 4.69) is 0 Å². The fraction of sp³-hybridized carbons (Fsp3) is 0.231. The van der Waals surface area contributed by atoms with Crippen LogP contribution in [0.1, 0.15) is 26.3 Å². The number of hydrogen-bond acceptors (Lipinski definition) is 4. The Kier molecular flexibility index (Phi) is 3.06. The molecule has 0 amide bonds. The average molecular weight is 232 g/mol. The molecule has 0 aliphatic heterocycles. The van der Waals surface area contributed by atoms with Crippen LogP contribution in [-0.2, 0) is 11.3 Å². The first kappa shape index (κ1) is 11.5. The van der Waals surface area contributed by atoms with Crippen LogP contribution in [0.5, 0.6) is 5.75 Å². The van der Waals surface area contributed by atoms with Crippen molar-refractivity contribution in [3.8, 4) is 5.75 Å². The minimum absolute atomic E-state index is 0.189. The molecule has 17 heavy (non-hydrogen) atoms. The maximum atomic E-state index is 11.8. The van der Waals surface area contributed by atoms with Gasteiger partial charge in [0.1, 0.15) is 5.75 Å². The van der Waals surface area contributed by atoms with Crippen molar-refractivity contribution in [3.63, 3.8) is 0 Å². The summed E-state index contributed by atoms with van der Waals surface area (Å²) in [5.41, 5.74) is 1.42. The highest BCUT2D eigenvalue weighted by atomic mass is 16.5. The van der Waals surface area contributed by atoms with Gasteiger partial charge >= 0.3 is 0 Å². The number of carbonyl (C=O) groups excluding carboxylic acids is 2. The maximum Gasteiger partial charge on any atom is 0.190 e. The molecule has 4 nitrogen and oxygen atoms in total. The fourth-order valence-electron chi connectivity index (χ4n) is 1.92. The van der Waals surface area contributed by atoms with Crippen LogP contribution in [0, 0.1) is 0 Å². The summed E-state index contributed by atoms with van der Waals surface area (Å²) in [6.45, 7) is 0.291. The van der Waals surface area contributed by atoms with E-state index in [9.17, 15) is 9.59 Å². The van der Waals surface area contributed by atoms with Crippen LogP contribution in [-0.4, -0.2) is 25.8 Å².